The number of methoxy groups -OCH3 is 2. The number of rotatable bonds is 8. The Morgan fingerprint density at radius 2 is 1.84 bits per heavy atom. The van der Waals surface area contributed by atoms with Gasteiger partial charge < -0.3 is 24.1 Å². The first-order valence-corrected chi connectivity index (χ1v) is 11.4. The minimum absolute atomic E-state index is 0.00606. The molecule has 1 N–H and O–H groups in total. The Balaban J connectivity index is 1.61. The van der Waals surface area contributed by atoms with E-state index in [2.05, 4.69) is 26.0 Å². The normalized spacial score (nSPS) is 34.2. The fourth-order valence-corrected chi connectivity index (χ4v) is 6.34. The van der Waals surface area contributed by atoms with Gasteiger partial charge in [-0.3, -0.25) is 0 Å². The van der Waals surface area contributed by atoms with Crippen LogP contribution in [0.15, 0.2) is 48.3 Å². The predicted molar refractivity (Wildman–Crippen MR) is 120 cm³/mol. The van der Waals surface area contributed by atoms with E-state index in [9.17, 15) is 5.11 Å². The van der Waals surface area contributed by atoms with E-state index in [1.807, 2.05) is 24.3 Å². The van der Waals surface area contributed by atoms with Crippen LogP contribution in [0.4, 0.5) is 0 Å². The summed E-state index contributed by atoms with van der Waals surface area (Å²) in [6.45, 7) is 4.90. The van der Waals surface area contributed by atoms with Crippen LogP contribution in [0.5, 0.6) is 11.5 Å². The predicted octanol–water partition coefficient (Wildman–Crippen LogP) is 5.24. The van der Waals surface area contributed by atoms with Crippen molar-refractivity contribution in [3.63, 3.8) is 0 Å². The van der Waals surface area contributed by atoms with E-state index in [0.717, 1.165) is 55.6 Å². The van der Waals surface area contributed by atoms with Crippen LogP contribution in [0, 0.1) is 16.7 Å². The van der Waals surface area contributed by atoms with Crippen molar-refractivity contribution in [1.82, 2.24) is 0 Å². The molecule has 4 atom stereocenters. The lowest BCUT2D eigenvalue weighted by atomic mass is 9.59. The molecule has 1 aromatic rings. The molecule has 0 amide bonds. The van der Waals surface area contributed by atoms with Gasteiger partial charge >= 0.3 is 0 Å². The molecule has 2 bridgehead atoms. The third-order valence-electron chi connectivity index (χ3n) is 8.21. The molecule has 4 rings (SSSR count). The molecule has 2 saturated carbocycles. The molecular formula is C26H36O5. The van der Waals surface area contributed by atoms with Gasteiger partial charge in [-0.25, -0.2) is 0 Å². The van der Waals surface area contributed by atoms with Gasteiger partial charge in [0.15, 0.2) is 0 Å². The largest absolute Gasteiger partial charge is 0.497 e. The quantitative estimate of drug-likeness (QED) is 0.348. The van der Waals surface area contributed by atoms with Gasteiger partial charge in [0.2, 0.25) is 0 Å². The first-order valence-electron chi connectivity index (χ1n) is 11.4. The van der Waals surface area contributed by atoms with Crippen LogP contribution in [0.25, 0.3) is 0 Å². The Labute approximate surface area is 186 Å². The van der Waals surface area contributed by atoms with Crippen molar-refractivity contribution in [3.05, 3.63) is 48.3 Å². The molecule has 0 aromatic heterocycles. The SMILES string of the molecule is COCO[C@@H]1C=C([C@@]2(O)C[C@H]3CC[C@@]2(/C=C/Oc2ccc(OC)cc2)C3(C)C)CCC1. The molecule has 170 valence electrons. The molecule has 0 radical (unpaired) electrons. The molecule has 0 aliphatic heterocycles. The van der Waals surface area contributed by atoms with Gasteiger partial charge in [-0.1, -0.05) is 19.9 Å². The van der Waals surface area contributed by atoms with E-state index in [4.69, 9.17) is 18.9 Å². The molecule has 3 aliphatic rings. The van der Waals surface area contributed by atoms with Gasteiger partial charge in [0, 0.05) is 12.5 Å². The van der Waals surface area contributed by atoms with Crippen molar-refractivity contribution < 1.29 is 24.1 Å². The summed E-state index contributed by atoms with van der Waals surface area (Å²) in [5.74, 6) is 2.05. The summed E-state index contributed by atoms with van der Waals surface area (Å²) in [7, 11) is 3.29. The van der Waals surface area contributed by atoms with Crippen LogP contribution in [0.2, 0.25) is 0 Å². The summed E-state index contributed by atoms with van der Waals surface area (Å²) in [6.07, 6.45) is 11.9. The Kier molecular flexibility index (Phi) is 6.21. The Hall–Kier alpha value is -1.82. The second-order valence-electron chi connectivity index (χ2n) is 9.78. The molecular weight excluding hydrogens is 392 g/mol. The van der Waals surface area contributed by atoms with Gasteiger partial charge in [0.05, 0.1) is 25.1 Å². The van der Waals surface area contributed by atoms with Crippen molar-refractivity contribution in [1.29, 1.82) is 0 Å². The summed E-state index contributed by atoms with van der Waals surface area (Å²) in [5.41, 5.74) is -0.104. The van der Waals surface area contributed by atoms with E-state index < -0.39 is 5.60 Å². The van der Waals surface area contributed by atoms with Crippen LogP contribution in [-0.4, -0.2) is 37.8 Å². The van der Waals surface area contributed by atoms with Crippen molar-refractivity contribution in [3.8, 4) is 11.5 Å². The third kappa shape index (κ3) is 3.71. The van der Waals surface area contributed by atoms with Crippen LogP contribution >= 0.6 is 0 Å². The van der Waals surface area contributed by atoms with Gasteiger partial charge in [0.1, 0.15) is 18.3 Å². The molecule has 31 heavy (non-hydrogen) atoms. The Morgan fingerprint density at radius 3 is 2.52 bits per heavy atom. The van der Waals surface area contributed by atoms with E-state index in [0.29, 0.717) is 5.92 Å². The third-order valence-corrected chi connectivity index (χ3v) is 8.21. The molecule has 3 aliphatic carbocycles. The van der Waals surface area contributed by atoms with E-state index >= 15 is 0 Å². The highest BCUT2D eigenvalue weighted by atomic mass is 16.7. The summed E-state index contributed by atoms with van der Waals surface area (Å²) < 4.78 is 22.1. The van der Waals surface area contributed by atoms with Crippen molar-refractivity contribution in [2.45, 2.75) is 64.1 Å². The highest BCUT2D eigenvalue weighted by Crippen LogP contribution is 2.72. The van der Waals surface area contributed by atoms with Crippen molar-refractivity contribution >= 4 is 0 Å². The smallest absolute Gasteiger partial charge is 0.147 e. The van der Waals surface area contributed by atoms with Crippen LogP contribution in [0.1, 0.15) is 52.4 Å². The topological polar surface area (TPSA) is 57.2 Å². The molecule has 2 fully saturated rings. The van der Waals surface area contributed by atoms with E-state index in [1.165, 1.54) is 0 Å². The molecule has 0 unspecified atom stereocenters. The lowest BCUT2D eigenvalue weighted by molar-refractivity contribution is -0.0684. The Morgan fingerprint density at radius 1 is 1.10 bits per heavy atom. The zero-order valence-electron chi connectivity index (χ0n) is 19.2. The minimum Gasteiger partial charge on any atom is -0.497 e. The van der Waals surface area contributed by atoms with Crippen LogP contribution in [-0.2, 0) is 9.47 Å². The number of benzene rings is 1. The van der Waals surface area contributed by atoms with Crippen LogP contribution < -0.4 is 9.47 Å². The summed E-state index contributed by atoms with van der Waals surface area (Å²) in [6, 6.07) is 7.56. The van der Waals surface area contributed by atoms with E-state index in [1.54, 1.807) is 20.5 Å². The fraction of sp³-hybridized carbons (Fsp3) is 0.615. The fourth-order valence-electron chi connectivity index (χ4n) is 6.34. The molecule has 5 nitrogen and oxygen atoms in total. The maximum atomic E-state index is 12.2. The average Bonchev–Trinajstić information content (AvgIpc) is 3.12. The molecule has 0 spiro atoms. The zero-order chi connectivity index (χ0) is 22.1. The molecule has 0 saturated heterocycles. The highest BCUT2D eigenvalue weighted by molar-refractivity contribution is 5.38. The van der Waals surface area contributed by atoms with Crippen molar-refractivity contribution in [2.75, 3.05) is 21.0 Å². The van der Waals surface area contributed by atoms with E-state index in [-0.39, 0.29) is 23.7 Å². The van der Waals surface area contributed by atoms with Gasteiger partial charge in [-0.2, -0.15) is 0 Å². The van der Waals surface area contributed by atoms with Gasteiger partial charge in [-0.05, 0) is 85.8 Å². The summed E-state index contributed by atoms with van der Waals surface area (Å²) >= 11 is 0. The first-order chi connectivity index (χ1) is 14.9. The monoisotopic (exact) mass is 428 g/mol. The number of fused-ring (bicyclic) bond motifs is 2. The number of hydrogen-bond acceptors (Lipinski definition) is 5. The standard InChI is InChI=1S/C26H36O5/c1-24(2)20-12-13-25(24,14-15-30-22-10-8-21(29-4)9-11-22)26(27,17-20)19-6-5-7-23(16-19)31-18-28-3/h8-11,14-16,20,23,27H,5-7,12-13,17-18H2,1-4H3/b15-14+/t20-,23+,25-,26+/m1/s1. The zero-order valence-corrected chi connectivity index (χ0v) is 19.2. The van der Waals surface area contributed by atoms with Crippen molar-refractivity contribution in [2.24, 2.45) is 16.7 Å². The minimum atomic E-state index is -0.867. The van der Waals surface area contributed by atoms with Gasteiger partial charge in [-0.15, -0.1) is 0 Å². The number of ether oxygens (including phenoxy) is 4. The number of hydrogen-bond donors (Lipinski definition) is 1. The molecule has 0 heterocycles. The maximum Gasteiger partial charge on any atom is 0.147 e. The van der Waals surface area contributed by atoms with Gasteiger partial charge in [0.25, 0.3) is 0 Å². The first kappa shape index (κ1) is 22.4. The number of aliphatic hydroxyl groups is 1. The molecule has 1 aromatic carbocycles. The second kappa shape index (κ2) is 8.61. The average molecular weight is 429 g/mol. The lowest BCUT2D eigenvalue weighted by Gasteiger charge is -2.48. The summed E-state index contributed by atoms with van der Waals surface area (Å²) in [4.78, 5) is 0. The lowest BCUT2D eigenvalue weighted by Crippen LogP contribution is -2.50. The second-order valence-corrected chi connectivity index (χ2v) is 9.78. The van der Waals surface area contributed by atoms with Crippen LogP contribution in [0.3, 0.4) is 0 Å². The highest BCUT2D eigenvalue weighted by Gasteiger charge is 2.70. The molecule has 5 heteroatoms. The maximum absolute atomic E-state index is 12.2. The Bertz CT molecular complexity index is 827. The summed E-state index contributed by atoms with van der Waals surface area (Å²) in [5, 5.41) is 12.2.